The number of hydrogen-bond donors (Lipinski definition) is 1. The highest BCUT2D eigenvalue weighted by Gasteiger charge is 2.07. The zero-order valence-corrected chi connectivity index (χ0v) is 11.6. The fourth-order valence-electron chi connectivity index (χ4n) is 1.83. The van der Waals surface area contributed by atoms with E-state index in [1.807, 2.05) is 42.8 Å². The molecule has 3 nitrogen and oxygen atoms in total. The molecule has 0 spiro atoms. The summed E-state index contributed by atoms with van der Waals surface area (Å²) in [5.74, 6) is -0.442. The van der Waals surface area contributed by atoms with Crippen molar-refractivity contribution in [2.75, 3.05) is 6.61 Å². The molecule has 4 heteroatoms. The first-order chi connectivity index (χ1) is 9.68. The molecule has 2 aromatic carbocycles. The molecule has 20 heavy (non-hydrogen) atoms. The highest BCUT2D eigenvalue weighted by atomic mass is 35.5. The number of primary amides is 1. The number of benzene rings is 2. The zero-order chi connectivity index (χ0) is 14.4. The molecule has 0 atom stereocenters. The lowest BCUT2D eigenvalue weighted by atomic mass is 10.0. The van der Waals surface area contributed by atoms with Crippen LogP contribution in [-0.2, 0) is 11.3 Å². The maximum atomic E-state index is 11.3. The largest absolute Gasteiger partial charge is 0.376 e. The Morgan fingerprint density at radius 1 is 1.15 bits per heavy atom. The number of ether oxygens (including phenoxy) is 1. The lowest BCUT2D eigenvalue weighted by Crippen LogP contribution is -2.13. The molecule has 0 aliphatic rings. The van der Waals surface area contributed by atoms with Gasteiger partial charge >= 0.3 is 0 Å². The second-order valence-electron chi connectivity index (χ2n) is 4.26. The minimum Gasteiger partial charge on any atom is -0.376 e. The summed E-state index contributed by atoms with van der Waals surface area (Å²) in [6.07, 6.45) is 1.83. The summed E-state index contributed by atoms with van der Waals surface area (Å²) < 4.78 is 5.55. The number of rotatable bonds is 6. The summed E-state index contributed by atoms with van der Waals surface area (Å²) in [5, 5.41) is 0.685. The van der Waals surface area contributed by atoms with E-state index in [9.17, 15) is 4.79 Å². The van der Waals surface area contributed by atoms with Gasteiger partial charge in [0.05, 0.1) is 13.2 Å². The Labute approximate surface area is 123 Å². The summed E-state index contributed by atoms with van der Waals surface area (Å²) in [6, 6.07) is 14.7. The van der Waals surface area contributed by atoms with E-state index in [1.165, 1.54) is 0 Å². The maximum absolute atomic E-state index is 11.3. The Morgan fingerprint density at radius 3 is 2.60 bits per heavy atom. The predicted octanol–water partition coefficient (Wildman–Crippen LogP) is 3.21. The van der Waals surface area contributed by atoms with Crippen LogP contribution in [-0.4, -0.2) is 12.5 Å². The second kappa shape index (κ2) is 7.08. The maximum Gasteiger partial charge on any atom is 0.248 e. The fourth-order valence-corrected chi connectivity index (χ4v) is 2.02. The highest BCUT2D eigenvalue weighted by molar-refractivity contribution is 6.31. The van der Waals surface area contributed by atoms with Crippen molar-refractivity contribution in [2.45, 2.75) is 6.61 Å². The van der Waals surface area contributed by atoms with Gasteiger partial charge in [-0.3, -0.25) is 4.79 Å². The van der Waals surface area contributed by atoms with Crippen LogP contribution in [0.2, 0.25) is 5.02 Å². The topological polar surface area (TPSA) is 52.3 Å². The number of halogens is 1. The number of carbonyl (C=O) groups excluding carboxylic acids is 1. The molecule has 0 heterocycles. The number of amides is 1. The summed E-state index contributed by atoms with van der Waals surface area (Å²) >= 11 is 6.04. The van der Waals surface area contributed by atoms with Crippen molar-refractivity contribution in [1.82, 2.24) is 0 Å². The van der Waals surface area contributed by atoms with Gasteiger partial charge in [0.15, 0.2) is 0 Å². The summed E-state index contributed by atoms with van der Waals surface area (Å²) in [4.78, 5) is 11.3. The lowest BCUT2D eigenvalue weighted by molar-refractivity contribution is 0.0999. The third-order valence-electron chi connectivity index (χ3n) is 2.86. The van der Waals surface area contributed by atoms with Crippen molar-refractivity contribution in [1.29, 1.82) is 0 Å². The van der Waals surface area contributed by atoms with Gasteiger partial charge in [0.25, 0.3) is 0 Å². The van der Waals surface area contributed by atoms with Crippen LogP contribution in [0.25, 0.3) is 0 Å². The van der Waals surface area contributed by atoms with Gasteiger partial charge in [0.1, 0.15) is 0 Å². The van der Waals surface area contributed by atoms with Crippen LogP contribution in [0, 0.1) is 6.42 Å². The van der Waals surface area contributed by atoms with Crippen LogP contribution >= 0.6 is 11.6 Å². The number of hydrogen-bond acceptors (Lipinski definition) is 2. The molecule has 2 aromatic rings. The monoisotopic (exact) mass is 288 g/mol. The average molecular weight is 289 g/mol. The highest BCUT2D eigenvalue weighted by Crippen LogP contribution is 2.16. The van der Waals surface area contributed by atoms with E-state index in [-0.39, 0.29) is 0 Å². The number of carbonyl (C=O) groups is 1. The Kier molecular flexibility index (Phi) is 5.16. The van der Waals surface area contributed by atoms with Crippen LogP contribution in [0.5, 0.6) is 0 Å². The van der Waals surface area contributed by atoms with Gasteiger partial charge in [-0.05, 0) is 23.3 Å². The van der Waals surface area contributed by atoms with Crippen molar-refractivity contribution in [3.05, 3.63) is 76.7 Å². The standard InChI is InChI=1S/C16H15ClNO2/c17-15-8-4-2-6-13(15)11-20-10-9-12-5-1-3-7-14(12)16(18)19/h1-9H,10-11H2,(H2,18,19). The Bertz CT molecular complexity index is 599. The SMILES string of the molecule is NC(=O)c1ccccc1[CH]COCc1ccccc1Cl. The molecule has 0 aromatic heterocycles. The van der Waals surface area contributed by atoms with Gasteiger partial charge in [-0.2, -0.15) is 0 Å². The van der Waals surface area contributed by atoms with Crippen LogP contribution in [0.4, 0.5) is 0 Å². The molecule has 0 saturated heterocycles. The van der Waals surface area contributed by atoms with E-state index in [4.69, 9.17) is 22.1 Å². The first-order valence-electron chi connectivity index (χ1n) is 6.21. The van der Waals surface area contributed by atoms with Gasteiger partial charge in [-0.25, -0.2) is 0 Å². The third kappa shape index (κ3) is 3.83. The zero-order valence-electron chi connectivity index (χ0n) is 10.9. The lowest BCUT2D eigenvalue weighted by Gasteiger charge is -2.08. The smallest absolute Gasteiger partial charge is 0.248 e. The van der Waals surface area contributed by atoms with Gasteiger partial charge in [-0.15, -0.1) is 0 Å². The van der Waals surface area contributed by atoms with Crippen molar-refractivity contribution >= 4 is 17.5 Å². The Hall–Kier alpha value is -1.84. The van der Waals surface area contributed by atoms with Gasteiger partial charge < -0.3 is 10.5 Å². The molecule has 0 aliphatic heterocycles. The van der Waals surface area contributed by atoms with Gasteiger partial charge in [0.2, 0.25) is 5.91 Å². The molecule has 2 rings (SSSR count). The van der Waals surface area contributed by atoms with Crippen molar-refractivity contribution in [3.8, 4) is 0 Å². The molecule has 0 fully saturated rings. The summed E-state index contributed by atoms with van der Waals surface area (Å²) in [6.45, 7) is 0.810. The van der Waals surface area contributed by atoms with Crippen molar-refractivity contribution < 1.29 is 9.53 Å². The molecule has 0 bridgehead atoms. The van der Waals surface area contributed by atoms with E-state index in [0.717, 1.165) is 11.1 Å². The average Bonchev–Trinajstić information content (AvgIpc) is 2.45. The molecule has 0 unspecified atom stereocenters. The fraction of sp³-hybridized carbons (Fsp3) is 0.125. The van der Waals surface area contributed by atoms with Crippen LogP contribution < -0.4 is 5.73 Å². The first-order valence-corrected chi connectivity index (χ1v) is 6.59. The normalized spacial score (nSPS) is 10.4. The third-order valence-corrected chi connectivity index (χ3v) is 3.23. The molecule has 1 radical (unpaired) electrons. The van der Waals surface area contributed by atoms with Crippen LogP contribution in [0.1, 0.15) is 21.5 Å². The second-order valence-corrected chi connectivity index (χ2v) is 4.67. The first kappa shape index (κ1) is 14.6. The van der Waals surface area contributed by atoms with E-state index >= 15 is 0 Å². The molecule has 103 valence electrons. The van der Waals surface area contributed by atoms with Crippen molar-refractivity contribution in [2.24, 2.45) is 5.73 Å². The predicted molar refractivity (Wildman–Crippen MR) is 79.5 cm³/mol. The van der Waals surface area contributed by atoms with E-state index in [0.29, 0.717) is 23.8 Å². The van der Waals surface area contributed by atoms with Crippen molar-refractivity contribution in [3.63, 3.8) is 0 Å². The summed E-state index contributed by atoms with van der Waals surface area (Å²) in [7, 11) is 0. The Balaban J connectivity index is 1.88. The summed E-state index contributed by atoms with van der Waals surface area (Å²) in [5.41, 5.74) is 7.52. The Morgan fingerprint density at radius 2 is 1.85 bits per heavy atom. The van der Waals surface area contributed by atoms with Crippen LogP contribution in [0.3, 0.4) is 0 Å². The molecule has 1 amide bonds. The van der Waals surface area contributed by atoms with E-state index in [2.05, 4.69) is 0 Å². The molecule has 0 saturated carbocycles. The van der Waals surface area contributed by atoms with Gasteiger partial charge in [-0.1, -0.05) is 48.0 Å². The van der Waals surface area contributed by atoms with Crippen LogP contribution in [0.15, 0.2) is 48.5 Å². The molecule has 2 N–H and O–H groups in total. The quantitative estimate of drug-likeness (QED) is 0.830. The number of nitrogens with two attached hydrogens (primary N) is 1. The minimum atomic E-state index is -0.442. The molecule has 0 aliphatic carbocycles. The van der Waals surface area contributed by atoms with E-state index in [1.54, 1.807) is 12.1 Å². The van der Waals surface area contributed by atoms with Gasteiger partial charge in [0, 0.05) is 17.0 Å². The molecular weight excluding hydrogens is 274 g/mol. The molecular formula is C16H15ClNO2. The minimum absolute atomic E-state index is 0.384. The van der Waals surface area contributed by atoms with E-state index < -0.39 is 5.91 Å².